The average Bonchev–Trinajstić information content (AvgIpc) is 2.40. The van der Waals surface area contributed by atoms with Crippen LogP contribution in [0.2, 0.25) is 0 Å². The van der Waals surface area contributed by atoms with Crippen molar-refractivity contribution in [3.05, 3.63) is 65.0 Å². The number of nitrogens with one attached hydrogen (secondary N) is 1. The Hall–Kier alpha value is -2.30. The molecule has 0 aliphatic heterocycles. The van der Waals surface area contributed by atoms with Crippen molar-refractivity contribution in [2.75, 3.05) is 0 Å². The molecule has 2 rings (SSSR count). The topological polar surface area (TPSA) is 42.0 Å². The number of carbonyl (C=O) groups excluding carboxylic acids is 1. The first-order chi connectivity index (χ1) is 9.09. The monoisotopic (exact) mass is 262 g/mol. The summed E-state index contributed by atoms with van der Waals surface area (Å²) < 4.78 is 26.4. The van der Waals surface area contributed by atoms with E-state index in [-0.39, 0.29) is 12.1 Å². The zero-order valence-electron chi connectivity index (χ0n) is 10.3. The Morgan fingerprint density at radius 1 is 1.32 bits per heavy atom. The van der Waals surface area contributed by atoms with E-state index in [0.29, 0.717) is 0 Å². The summed E-state index contributed by atoms with van der Waals surface area (Å²) in [6, 6.07) is 5.27. The number of amides is 1. The quantitative estimate of drug-likeness (QED) is 0.923. The molecule has 1 N–H and O–H groups in total. The number of rotatable bonds is 3. The van der Waals surface area contributed by atoms with Gasteiger partial charge < -0.3 is 5.32 Å². The van der Waals surface area contributed by atoms with Crippen LogP contribution in [0.1, 0.15) is 21.5 Å². The number of aromatic nitrogens is 1. The van der Waals surface area contributed by atoms with Crippen molar-refractivity contribution in [1.82, 2.24) is 10.3 Å². The summed E-state index contributed by atoms with van der Waals surface area (Å²) in [7, 11) is 0. The number of carbonyl (C=O) groups is 1. The Kier molecular flexibility index (Phi) is 3.85. The van der Waals surface area contributed by atoms with E-state index < -0.39 is 17.5 Å². The number of hydrogen-bond donors (Lipinski definition) is 1. The van der Waals surface area contributed by atoms with Crippen LogP contribution in [0.3, 0.4) is 0 Å². The highest BCUT2D eigenvalue weighted by molar-refractivity contribution is 5.94. The predicted molar refractivity (Wildman–Crippen MR) is 66.5 cm³/mol. The molecule has 2 aromatic rings. The van der Waals surface area contributed by atoms with Crippen LogP contribution in [0.15, 0.2) is 36.7 Å². The summed E-state index contributed by atoms with van der Waals surface area (Å²) in [4.78, 5) is 15.7. The van der Waals surface area contributed by atoms with Crippen LogP contribution >= 0.6 is 0 Å². The molecule has 0 aliphatic carbocycles. The number of pyridine rings is 1. The summed E-state index contributed by atoms with van der Waals surface area (Å²) in [5.41, 5.74) is 1.49. The zero-order valence-corrected chi connectivity index (χ0v) is 10.3. The molecule has 3 nitrogen and oxygen atoms in total. The second-order valence-electron chi connectivity index (χ2n) is 4.09. The number of halogens is 2. The molecule has 0 aliphatic rings. The molecule has 0 unspecified atom stereocenters. The van der Waals surface area contributed by atoms with E-state index in [1.807, 2.05) is 6.92 Å². The van der Waals surface area contributed by atoms with Gasteiger partial charge in [-0.05, 0) is 36.2 Å². The van der Waals surface area contributed by atoms with Crippen LogP contribution in [0.25, 0.3) is 0 Å². The van der Waals surface area contributed by atoms with Crippen LogP contribution in [0.5, 0.6) is 0 Å². The van der Waals surface area contributed by atoms with Crippen molar-refractivity contribution in [2.24, 2.45) is 0 Å². The highest BCUT2D eigenvalue weighted by atomic mass is 19.2. The van der Waals surface area contributed by atoms with Gasteiger partial charge in [0.25, 0.3) is 5.91 Å². The first-order valence-corrected chi connectivity index (χ1v) is 5.71. The third kappa shape index (κ3) is 2.93. The van der Waals surface area contributed by atoms with E-state index >= 15 is 0 Å². The van der Waals surface area contributed by atoms with Gasteiger partial charge in [0.2, 0.25) is 0 Å². The molecule has 1 amide bonds. The third-order valence-electron chi connectivity index (χ3n) is 2.77. The average molecular weight is 262 g/mol. The van der Waals surface area contributed by atoms with E-state index in [2.05, 4.69) is 10.3 Å². The molecule has 19 heavy (non-hydrogen) atoms. The van der Waals surface area contributed by atoms with Crippen molar-refractivity contribution < 1.29 is 13.6 Å². The van der Waals surface area contributed by atoms with Gasteiger partial charge in [-0.25, -0.2) is 8.78 Å². The molecule has 1 aromatic heterocycles. The zero-order chi connectivity index (χ0) is 13.8. The number of benzene rings is 1. The molecule has 1 aromatic carbocycles. The molecule has 0 saturated heterocycles. The summed E-state index contributed by atoms with van der Waals surface area (Å²) >= 11 is 0. The summed E-state index contributed by atoms with van der Waals surface area (Å²) in [5, 5.41) is 2.55. The minimum atomic E-state index is -1.13. The molecular formula is C14H12F2N2O. The van der Waals surface area contributed by atoms with E-state index in [1.165, 1.54) is 12.1 Å². The Morgan fingerprint density at radius 2 is 2.11 bits per heavy atom. The largest absolute Gasteiger partial charge is 0.348 e. The maximum atomic E-state index is 13.4. The minimum absolute atomic E-state index is 0.239. The first-order valence-electron chi connectivity index (χ1n) is 5.71. The Labute approximate surface area is 109 Å². The highest BCUT2D eigenvalue weighted by Gasteiger charge is 2.14. The van der Waals surface area contributed by atoms with Gasteiger partial charge in [-0.15, -0.1) is 0 Å². The van der Waals surface area contributed by atoms with Gasteiger partial charge in [0, 0.05) is 18.9 Å². The Bertz CT molecular complexity index is 614. The molecule has 98 valence electrons. The normalized spacial score (nSPS) is 10.3. The number of nitrogens with zero attached hydrogens (tertiary/aromatic N) is 1. The molecule has 0 fully saturated rings. The lowest BCUT2D eigenvalue weighted by atomic mass is 10.1. The lowest BCUT2D eigenvalue weighted by Gasteiger charge is -2.08. The lowest BCUT2D eigenvalue weighted by molar-refractivity contribution is 0.0946. The Morgan fingerprint density at radius 3 is 2.84 bits per heavy atom. The van der Waals surface area contributed by atoms with Crippen molar-refractivity contribution in [1.29, 1.82) is 0 Å². The van der Waals surface area contributed by atoms with Crippen molar-refractivity contribution in [3.8, 4) is 0 Å². The highest BCUT2D eigenvalue weighted by Crippen LogP contribution is 2.11. The fourth-order valence-corrected chi connectivity index (χ4v) is 1.65. The Balaban J connectivity index is 2.10. The molecule has 1 heterocycles. The van der Waals surface area contributed by atoms with Crippen molar-refractivity contribution >= 4 is 5.91 Å². The second kappa shape index (κ2) is 5.56. The fraction of sp³-hybridized carbons (Fsp3) is 0.143. The van der Waals surface area contributed by atoms with Gasteiger partial charge in [-0.3, -0.25) is 9.78 Å². The molecular weight excluding hydrogens is 250 g/mol. The predicted octanol–water partition coefficient (Wildman–Crippen LogP) is 2.60. The molecule has 0 saturated carbocycles. The smallest absolute Gasteiger partial charge is 0.254 e. The molecule has 0 bridgehead atoms. The molecule has 0 radical (unpaired) electrons. The molecule has 5 heteroatoms. The number of hydrogen-bond acceptors (Lipinski definition) is 2. The SMILES string of the molecule is Cc1cnccc1CNC(=O)c1cccc(F)c1F. The standard InChI is InChI=1S/C14H12F2N2O/c1-9-7-17-6-5-10(9)8-18-14(19)11-3-2-4-12(15)13(11)16/h2-7H,8H2,1H3,(H,18,19). The maximum absolute atomic E-state index is 13.4. The van der Waals surface area contributed by atoms with E-state index in [1.54, 1.807) is 18.5 Å². The minimum Gasteiger partial charge on any atom is -0.348 e. The molecule has 0 atom stereocenters. The summed E-state index contributed by atoms with van der Waals surface area (Å²) in [6.45, 7) is 2.10. The fourth-order valence-electron chi connectivity index (χ4n) is 1.65. The van der Waals surface area contributed by atoms with Gasteiger partial charge >= 0.3 is 0 Å². The van der Waals surface area contributed by atoms with Crippen LogP contribution in [-0.2, 0) is 6.54 Å². The van der Waals surface area contributed by atoms with Gasteiger partial charge in [0.05, 0.1) is 5.56 Å². The third-order valence-corrected chi connectivity index (χ3v) is 2.77. The maximum Gasteiger partial charge on any atom is 0.254 e. The summed E-state index contributed by atoms with van der Waals surface area (Å²) in [5.74, 6) is -2.81. The molecule has 0 spiro atoms. The lowest BCUT2D eigenvalue weighted by Crippen LogP contribution is -2.24. The summed E-state index contributed by atoms with van der Waals surface area (Å²) in [6.07, 6.45) is 3.28. The van der Waals surface area contributed by atoms with Crippen LogP contribution in [0, 0.1) is 18.6 Å². The van der Waals surface area contributed by atoms with Gasteiger partial charge in [0.1, 0.15) is 0 Å². The number of aryl methyl sites for hydroxylation is 1. The van der Waals surface area contributed by atoms with E-state index in [9.17, 15) is 13.6 Å². The van der Waals surface area contributed by atoms with Crippen LogP contribution < -0.4 is 5.32 Å². The van der Waals surface area contributed by atoms with E-state index in [0.717, 1.165) is 17.2 Å². The van der Waals surface area contributed by atoms with E-state index in [4.69, 9.17) is 0 Å². The van der Waals surface area contributed by atoms with Crippen molar-refractivity contribution in [2.45, 2.75) is 13.5 Å². The van der Waals surface area contributed by atoms with Crippen LogP contribution in [0.4, 0.5) is 8.78 Å². The van der Waals surface area contributed by atoms with Gasteiger partial charge in [0.15, 0.2) is 11.6 Å². The van der Waals surface area contributed by atoms with Crippen molar-refractivity contribution in [3.63, 3.8) is 0 Å². The van der Waals surface area contributed by atoms with Gasteiger partial charge in [-0.1, -0.05) is 6.07 Å². The first kappa shape index (κ1) is 13.1. The second-order valence-corrected chi connectivity index (χ2v) is 4.09. The van der Waals surface area contributed by atoms with Gasteiger partial charge in [-0.2, -0.15) is 0 Å². The van der Waals surface area contributed by atoms with Crippen LogP contribution in [-0.4, -0.2) is 10.9 Å².